The summed E-state index contributed by atoms with van der Waals surface area (Å²) in [4.78, 5) is 5.86. The fourth-order valence-electron chi connectivity index (χ4n) is 2.15. The van der Waals surface area contributed by atoms with Crippen LogP contribution >= 0.6 is 22.6 Å². The van der Waals surface area contributed by atoms with Crippen molar-refractivity contribution in [2.75, 3.05) is 20.2 Å². The molecule has 1 aromatic carbocycles. The average molecular weight is 358 g/mol. The number of benzene rings is 1. The lowest BCUT2D eigenvalue weighted by molar-refractivity contribution is 0.296. The average Bonchev–Trinajstić information content (AvgIpc) is 2.70. The number of hydrogen-bond acceptors (Lipinski definition) is 2. The van der Waals surface area contributed by atoms with Gasteiger partial charge in [-0.3, -0.25) is 4.90 Å². The summed E-state index contributed by atoms with van der Waals surface area (Å²) in [5, 5.41) is 1.27. The molecule has 18 heavy (non-hydrogen) atoms. The van der Waals surface area contributed by atoms with E-state index in [4.69, 9.17) is 4.74 Å². The number of aromatic nitrogens is 1. The van der Waals surface area contributed by atoms with E-state index in [9.17, 15) is 0 Å². The van der Waals surface area contributed by atoms with E-state index in [1.807, 2.05) is 6.07 Å². The van der Waals surface area contributed by atoms with Crippen LogP contribution in [0.25, 0.3) is 10.9 Å². The molecule has 0 atom stereocenters. The van der Waals surface area contributed by atoms with E-state index in [0.29, 0.717) is 0 Å². The zero-order valence-electron chi connectivity index (χ0n) is 11.1. The van der Waals surface area contributed by atoms with Gasteiger partial charge in [0, 0.05) is 23.0 Å². The molecule has 0 radical (unpaired) electrons. The van der Waals surface area contributed by atoms with Crippen molar-refractivity contribution in [3.63, 3.8) is 0 Å². The van der Waals surface area contributed by atoms with Gasteiger partial charge in [0.25, 0.3) is 0 Å². The number of fused-ring (bicyclic) bond motifs is 1. The molecule has 0 aliphatic carbocycles. The number of rotatable bonds is 5. The second kappa shape index (κ2) is 5.93. The first-order valence-electron chi connectivity index (χ1n) is 6.26. The van der Waals surface area contributed by atoms with Gasteiger partial charge in [-0.05, 0) is 53.9 Å². The molecule has 4 heteroatoms. The van der Waals surface area contributed by atoms with Crippen LogP contribution < -0.4 is 4.74 Å². The quantitative estimate of drug-likeness (QED) is 0.827. The van der Waals surface area contributed by atoms with E-state index >= 15 is 0 Å². The van der Waals surface area contributed by atoms with Gasteiger partial charge in [-0.25, -0.2) is 0 Å². The van der Waals surface area contributed by atoms with Gasteiger partial charge < -0.3 is 9.72 Å². The Morgan fingerprint density at radius 3 is 2.61 bits per heavy atom. The van der Waals surface area contributed by atoms with Crippen LogP contribution in [0.1, 0.15) is 19.4 Å². The smallest absolute Gasteiger partial charge is 0.119 e. The second-order valence-corrected chi connectivity index (χ2v) is 5.37. The van der Waals surface area contributed by atoms with Crippen LogP contribution in [0.4, 0.5) is 0 Å². The first-order chi connectivity index (χ1) is 8.69. The molecule has 0 fully saturated rings. The fraction of sp³-hybridized carbons (Fsp3) is 0.429. The maximum atomic E-state index is 5.31. The van der Waals surface area contributed by atoms with Crippen molar-refractivity contribution < 1.29 is 4.74 Å². The van der Waals surface area contributed by atoms with Crippen molar-refractivity contribution in [1.82, 2.24) is 9.88 Å². The zero-order chi connectivity index (χ0) is 13.1. The Labute approximate surface area is 122 Å². The summed E-state index contributed by atoms with van der Waals surface area (Å²) >= 11 is 2.38. The number of aromatic amines is 1. The molecule has 0 saturated heterocycles. The molecule has 0 aliphatic rings. The third kappa shape index (κ3) is 2.64. The molecule has 2 aromatic rings. The van der Waals surface area contributed by atoms with Crippen molar-refractivity contribution in [3.8, 4) is 5.75 Å². The standard InChI is InChI=1S/C14H19IN2O/c1-4-17(5-2)9-12-11-8-10(18-3)6-7-13(11)16-14(12)15/h6-8,16H,4-5,9H2,1-3H3. The third-order valence-electron chi connectivity index (χ3n) is 3.34. The van der Waals surface area contributed by atoms with Crippen LogP contribution in [0.3, 0.4) is 0 Å². The largest absolute Gasteiger partial charge is 0.497 e. The molecule has 3 nitrogen and oxygen atoms in total. The minimum absolute atomic E-state index is 0.915. The normalized spacial score (nSPS) is 11.4. The Hall–Kier alpha value is -0.750. The highest BCUT2D eigenvalue weighted by molar-refractivity contribution is 14.1. The first kappa shape index (κ1) is 13.7. The van der Waals surface area contributed by atoms with Crippen molar-refractivity contribution in [2.24, 2.45) is 0 Å². The Morgan fingerprint density at radius 1 is 1.28 bits per heavy atom. The van der Waals surface area contributed by atoms with Crippen molar-refractivity contribution >= 4 is 33.5 Å². The van der Waals surface area contributed by atoms with Gasteiger partial charge in [-0.1, -0.05) is 13.8 Å². The first-order valence-corrected chi connectivity index (χ1v) is 7.33. The molecular weight excluding hydrogens is 339 g/mol. The zero-order valence-corrected chi connectivity index (χ0v) is 13.2. The number of nitrogens with one attached hydrogen (secondary N) is 1. The number of methoxy groups -OCH3 is 1. The molecular formula is C14H19IN2O. The summed E-state index contributed by atoms with van der Waals surface area (Å²) in [7, 11) is 1.71. The van der Waals surface area contributed by atoms with Crippen LogP contribution in [-0.4, -0.2) is 30.1 Å². The van der Waals surface area contributed by atoms with E-state index < -0.39 is 0 Å². The predicted molar refractivity (Wildman–Crippen MR) is 84.2 cm³/mol. The van der Waals surface area contributed by atoms with Gasteiger partial charge in [0.15, 0.2) is 0 Å². The lowest BCUT2D eigenvalue weighted by Crippen LogP contribution is -2.22. The van der Waals surface area contributed by atoms with Crippen LogP contribution in [-0.2, 0) is 6.54 Å². The Balaban J connectivity index is 2.44. The summed E-state index contributed by atoms with van der Waals surface area (Å²) in [6.07, 6.45) is 0. The topological polar surface area (TPSA) is 28.3 Å². The number of ether oxygens (including phenoxy) is 1. The van der Waals surface area contributed by atoms with Gasteiger partial charge in [0.1, 0.15) is 5.75 Å². The number of H-pyrrole nitrogens is 1. The molecule has 1 heterocycles. The molecule has 1 aromatic heterocycles. The molecule has 1 N–H and O–H groups in total. The summed E-state index contributed by atoms with van der Waals surface area (Å²) < 4.78 is 6.54. The van der Waals surface area contributed by atoms with Crippen LogP contribution in [0.5, 0.6) is 5.75 Å². The van der Waals surface area contributed by atoms with Crippen molar-refractivity contribution in [2.45, 2.75) is 20.4 Å². The maximum absolute atomic E-state index is 5.31. The van der Waals surface area contributed by atoms with Crippen LogP contribution in [0.2, 0.25) is 0 Å². The SMILES string of the molecule is CCN(CC)Cc1c(I)[nH]c2ccc(OC)cc12. The van der Waals surface area contributed by atoms with E-state index in [1.54, 1.807) is 7.11 Å². The lowest BCUT2D eigenvalue weighted by Gasteiger charge is -2.17. The van der Waals surface area contributed by atoms with E-state index in [0.717, 1.165) is 25.4 Å². The molecule has 98 valence electrons. The highest BCUT2D eigenvalue weighted by Crippen LogP contribution is 2.28. The highest BCUT2D eigenvalue weighted by atomic mass is 127. The second-order valence-electron chi connectivity index (χ2n) is 4.29. The number of hydrogen-bond donors (Lipinski definition) is 1. The molecule has 0 aliphatic heterocycles. The van der Waals surface area contributed by atoms with Gasteiger partial charge in [-0.2, -0.15) is 0 Å². The lowest BCUT2D eigenvalue weighted by atomic mass is 10.1. The maximum Gasteiger partial charge on any atom is 0.119 e. The number of halogens is 1. The summed E-state index contributed by atoms with van der Waals surface area (Å²) in [6.45, 7) is 7.53. The third-order valence-corrected chi connectivity index (χ3v) is 4.26. The van der Waals surface area contributed by atoms with Crippen molar-refractivity contribution in [1.29, 1.82) is 0 Å². The van der Waals surface area contributed by atoms with E-state index in [-0.39, 0.29) is 0 Å². The van der Waals surface area contributed by atoms with E-state index in [1.165, 1.54) is 20.2 Å². The number of nitrogens with zero attached hydrogens (tertiary/aromatic N) is 1. The minimum Gasteiger partial charge on any atom is -0.497 e. The minimum atomic E-state index is 0.915. The van der Waals surface area contributed by atoms with E-state index in [2.05, 4.69) is 58.5 Å². The van der Waals surface area contributed by atoms with Gasteiger partial charge in [0.05, 0.1) is 10.8 Å². The summed E-state index contributed by atoms with van der Waals surface area (Å²) in [6, 6.07) is 6.20. The monoisotopic (exact) mass is 358 g/mol. The van der Waals surface area contributed by atoms with Crippen LogP contribution in [0.15, 0.2) is 18.2 Å². The fourth-order valence-corrected chi connectivity index (χ4v) is 2.90. The highest BCUT2D eigenvalue weighted by Gasteiger charge is 2.12. The van der Waals surface area contributed by atoms with Crippen LogP contribution in [0, 0.1) is 3.70 Å². The summed E-state index contributed by atoms with van der Waals surface area (Å²) in [5.41, 5.74) is 2.55. The molecule has 0 bridgehead atoms. The van der Waals surface area contributed by atoms with Crippen molar-refractivity contribution in [3.05, 3.63) is 27.5 Å². The molecule has 0 spiro atoms. The van der Waals surface area contributed by atoms with Gasteiger partial charge >= 0.3 is 0 Å². The van der Waals surface area contributed by atoms with Gasteiger partial charge in [-0.15, -0.1) is 0 Å². The molecule has 0 amide bonds. The molecule has 2 rings (SSSR count). The Kier molecular flexibility index (Phi) is 4.50. The predicted octanol–water partition coefficient (Wildman–Crippen LogP) is 3.62. The Morgan fingerprint density at radius 2 is 2.00 bits per heavy atom. The molecule has 0 unspecified atom stereocenters. The summed E-state index contributed by atoms with van der Waals surface area (Å²) in [5.74, 6) is 0.915. The Bertz CT molecular complexity index is 532. The van der Waals surface area contributed by atoms with Gasteiger partial charge in [0.2, 0.25) is 0 Å². The molecule has 0 saturated carbocycles.